The van der Waals surface area contributed by atoms with E-state index in [1.165, 1.54) is 0 Å². The highest BCUT2D eigenvalue weighted by molar-refractivity contribution is 8.13. The zero-order valence-electron chi connectivity index (χ0n) is 14.2. The number of methoxy groups -OCH3 is 1. The number of amides is 1. The molecule has 0 saturated carbocycles. The summed E-state index contributed by atoms with van der Waals surface area (Å²) >= 11 is 0.930. The van der Waals surface area contributed by atoms with Gasteiger partial charge in [-0.1, -0.05) is 29.5 Å². The number of anilines is 1. The van der Waals surface area contributed by atoms with Crippen molar-refractivity contribution in [1.29, 1.82) is 0 Å². The standard InChI is InChI=1S/C18H21NO4S/c1-12-5-8-17(13(2)9-12)23-11-14-10-15(22-3)6-7-16(14)19(21)18(20)24-4/h5-10,21H,11H2,1-4H3. The van der Waals surface area contributed by atoms with Crippen molar-refractivity contribution in [2.45, 2.75) is 20.5 Å². The number of carbonyl (C=O) groups excluding carboxylic acids is 1. The predicted molar refractivity (Wildman–Crippen MR) is 96.4 cm³/mol. The highest BCUT2D eigenvalue weighted by Crippen LogP contribution is 2.28. The number of nitrogens with zero attached hydrogens (tertiary/aromatic N) is 1. The summed E-state index contributed by atoms with van der Waals surface area (Å²) in [6.45, 7) is 4.20. The first-order chi connectivity index (χ1) is 11.5. The van der Waals surface area contributed by atoms with E-state index in [-0.39, 0.29) is 6.61 Å². The maximum absolute atomic E-state index is 11.8. The summed E-state index contributed by atoms with van der Waals surface area (Å²) < 4.78 is 11.1. The Morgan fingerprint density at radius 2 is 1.96 bits per heavy atom. The first-order valence-electron chi connectivity index (χ1n) is 7.40. The fourth-order valence-electron chi connectivity index (χ4n) is 2.31. The molecule has 2 aromatic carbocycles. The Balaban J connectivity index is 2.28. The highest BCUT2D eigenvalue weighted by Gasteiger charge is 2.17. The van der Waals surface area contributed by atoms with E-state index in [2.05, 4.69) is 0 Å². The van der Waals surface area contributed by atoms with Crippen LogP contribution in [0.1, 0.15) is 16.7 Å². The van der Waals surface area contributed by atoms with Crippen LogP contribution in [0, 0.1) is 13.8 Å². The summed E-state index contributed by atoms with van der Waals surface area (Å²) in [5.41, 5.74) is 3.22. The van der Waals surface area contributed by atoms with E-state index in [9.17, 15) is 10.0 Å². The van der Waals surface area contributed by atoms with Gasteiger partial charge in [0.25, 0.3) is 0 Å². The molecule has 1 amide bonds. The van der Waals surface area contributed by atoms with Crippen LogP contribution >= 0.6 is 11.8 Å². The van der Waals surface area contributed by atoms with Crippen LogP contribution in [0.15, 0.2) is 36.4 Å². The Morgan fingerprint density at radius 3 is 2.58 bits per heavy atom. The van der Waals surface area contributed by atoms with Crippen LogP contribution in [0.2, 0.25) is 0 Å². The van der Waals surface area contributed by atoms with Crippen LogP contribution in [-0.2, 0) is 6.61 Å². The molecule has 0 aliphatic heterocycles. The van der Waals surface area contributed by atoms with Gasteiger partial charge in [-0.2, -0.15) is 5.06 Å². The van der Waals surface area contributed by atoms with Crippen LogP contribution in [0.4, 0.5) is 10.5 Å². The number of hydrogen-bond donors (Lipinski definition) is 1. The van der Waals surface area contributed by atoms with E-state index < -0.39 is 5.24 Å². The minimum absolute atomic E-state index is 0.204. The lowest BCUT2D eigenvalue weighted by atomic mass is 10.1. The summed E-state index contributed by atoms with van der Waals surface area (Å²) in [5, 5.41) is 10.3. The predicted octanol–water partition coefficient (Wildman–Crippen LogP) is 4.57. The van der Waals surface area contributed by atoms with Crippen molar-refractivity contribution < 1.29 is 19.5 Å². The molecular formula is C18H21NO4S. The summed E-state index contributed by atoms with van der Waals surface area (Å²) in [6.07, 6.45) is 1.61. The second-order valence-electron chi connectivity index (χ2n) is 5.33. The monoisotopic (exact) mass is 347 g/mol. The van der Waals surface area contributed by atoms with Crippen LogP contribution in [0.3, 0.4) is 0 Å². The fraction of sp³-hybridized carbons (Fsp3) is 0.278. The van der Waals surface area contributed by atoms with Gasteiger partial charge < -0.3 is 9.47 Å². The third-order valence-corrected chi connectivity index (χ3v) is 4.10. The van der Waals surface area contributed by atoms with Crippen LogP contribution in [0.5, 0.6) is 11.5 Å². The van der Waals surface area contributed by atoms with Gasteiger partial charge in [0.15, 0.2) is 0 Å². The summed E-state index contributed by atoms with van der Waals surface area (Å²) in [7, 11) is 1.56. The van der Waals surface area contributed by atoms with Crippen molar-refractivity contribution >= 4 is 22.7 Å². The van der Waals surface area contributed by atoms with Crippen LogP contribution in [-0.4, -0.2) is 23.8 Å². The van der Waals surface area contributed by atoms with E-state index in [1.54, 1.807) is 31.6 Å². The Morgan fingerprint density at radius 1 is 1.21 bits per heavy atom. The minimum atomic E-state index is -0.465. The number of hydroxylamine groups is 1. The molecule has 0 spiro atoms. The summed E-state index contributed by atoms with van der Waals surface area (Å²) in [4.78, 5) is 11.8. The molecule has 0 bridgehead atoms. The van der Waals surface area contributed by atoms with Crippen LogP contribution < -0.4 is 14.5 Å². The molecule has 128 valence electrons. The van der Waals surface area contributed by atoms with E-state index in [4.69, 9.17) is 9.47 Å². The van der Waals surface area contributed by atoms with Crippen molar-refractivity contribution in [1.82, 2.24) is 0 Å². The molecule has 0 aliphatic rings. The maximum Gasteiger partial charge on any atom is 0.309 e. The number of rotatable bonds is 5. The molecule has 6 heteroatoms. The maximum atomic E-state index is 11.8. The number of thioether (sulfide) groups is 1. The third-order valence-electron chi connectivity index (χ3n) is 3.58. The molecule has 0 aromatic heterocycles. The largest absolute Gasteiger partial charge is 0.497 e. The molecular weight excluding hydrogens is 326 g/mol. The smallest absolute Gasteiger partial charge is 0.309 e. The van der Waals surface area contributed by atoms with E-state index in [0.717, 1.165) is 28.6 Å². The fourth-order valence-corrected chi connectivity index (χ4v) is 2.58. The third kappa shape index (κ3) is 4.21. The summed E-state index contributed by atoms with van der Waals surface area (Å²) in [5.74, 6) is 1.39. The number of benzene rings is 2. The number of ether oxygens (including phenoxy) is 2. The Kier molecular flexibility index (Phi) is 6.11. The van der Waals surface area contributed by atoms with Gasteiger partial charge >= 0.3 is 5.24 Å². The molecule has 2 rings (SSSR count). The molecule has 0 saturated heterocycles. The average Bonchev–Trinajstić information content (AvgIpc) is 2.59. The normalized spacial score (nSPS) is 10.4. The lowest BCUT2D eigenvalue weighted by Crippen LogP contribution is -2.24. The van der Waals surface area contributed by atoms with Gasteiger partial charge in [-0.15, -0.1) is 0 Å². The van der Waals surface area contributed by atoms with Crippen molar-refractivity contribution in [3.05, 3.63) is 53.1 Å². The van der Waals surface area contributed by atoms with Gasteiger partial charge in [-0.25, -0.2) is 0 Å². The molecule has 0 heterocycles. The van der Waals surface area contributed by atoms with Crippen molar-refractivity contribution in [3.63, 3.8) is 0 Å². The SMILES string of the molecule is COc1ccc(N(O)C(=O)SC)c(COc2ccc(C)cc2C)c1. The second-order valence-corrected chi connectivity index (χ2v) is 6.09. The first-order valence-corrected chi connectivity index (χ1v) is 8.62. The first kappa shape index (κ1) is 18.2. The van der Waals surface area contributed by atoms with Gasteiger partial charge in [-0.05, 0) is 49.9 Å². The van der Waals surface area contributed by atoms with E-state index in [0.29, 0.717) is 22.1 Å². The molecule has 0 unspecified atom stereocenters. The quantitative estimate of drug-likeness (QED) is 0.634. The van der Waals surface area contributed by atoms with Gasteiger partial charge in [0.05, 0.1) is 12.8 Å². The van der Waals surface area contributed by atoms with Gasteiger partial charge in [-0.3, -0.25) is 10.0 Å². The average molecular weight is 347 g/mol. The molecule has 0 atom stereocenters. The molecule has 0 aliphatic carbocycles. The molecule has 2 aromatic rings. The lowest BCUT2D eigenvalue weighted by molar-refractivity contribution is 0.223. The van der Waals surface area contributed by atoms with Crippen molar-refractivity contribution in [2.24, 2.45) is 0 Å². The minimum Gasteiger partial charge on any atom is -0.497 e. The van der Waals surface area contributed by atoms with Gasteiger partial charge in [0.1, 0.15) is 18.1 Å². The highest BCUT2D eigenvalue weighted by atomic mass is 32.2. The summed E-state index contributed by atoms with van der Waals surface area (Å²) in [6, 6.07) is 11.0. The molecule has 1 N–H and O–H groups in total. The Bertz CT molecular complexity index is 733. The number of hydrogen-bond acceptors (Lipinski definition) is 5. The van der Waals surface area contributed by atoms with Crippen LogP contribution in [0.25, 0.3) is 0 Å². The topological polar surface area (TPSA) is 59.0 Å². The van der Waals surface area contributed by atoms with Crippen molar-refractivity contribution in [2.75, 3.05) is 18.4 Å². The molecule has 0 fully saturated rings. The molecule has 24 heavy (non-hydrogen) atoms. The Labute approximate surface area is 146 Å². The van der Waals surface area contributed by atoms with Gasteiger partial charge in [0, 0.05) is 5.56 Å². The number of carbonyl (C=O) groups is 1. The van der Waals surface area contributed by atoms with E-state index >= 15 is 0 Å². The molecule has 5 nitrogen and oxygen atoms in total. The second kappa shape index (κ2) is 8.08. The number of aryl methyl sites for hydroxylation is 2. The lowest BCUT2D eigenvalue weighted by Gasteiger charge is -2.19. The van der Waals surface area contributed by atoms with Gasteiger partial charge in [0.2, 0.25) is 0 Å². The Hall–Kier alpha value is -2.18. The van der Waals surface area contributed by atoms with Crippen molar-refractivity contribution in [3.8, 4) is 11.5 Å². The van der Waals surface area contributed by atoms with E-state index in [1.807, 2.05) is 32.0 Å². The molecule has 0 radical (unpaired) electrons. The zero-order valence-corrected chi connectivity index (χ0v) is 15.0. The zero-order chi connectivity index (χ0) is 17.7.